The van der Waals surface area contributed by atoms with Gasteiger partial charge in [-0.15, -0.1) is 0 Å². The number of carbonyl (C=O) groups is 1. The van der Waals surface area contributed by atoms with Crippen LogP contribution in [-0.2, 0) is 9.53 Å². The van der Waals surface area contributed by atoms with Crippen LogP contribution in [0.2, 0.25) is 0 Å². The molecule has 0 aliphatic heterocycles. The van der Waals surface area contributed by atoms with Gasteiger partial charge in [0.2, 0.25) is 0 Å². The maximum atomic E-state index is 11.6. The lowest BCUT2D eigenvalue weighted by Gasteiger charge is -2.08. The number of rotatable bonds is 6. The SMILES string of the molecule is CC(C)CCNCCOC(=O)C(F)(F)F. The number of nitrogens with one attached hydrogen (secondary N) is 1. The molecule has 90 valence electrons. The highest BCUT2D eigenvalue weighted by molar-refractivity contribution is 5.75. The first-order valence-electron chi connectivity index (χ1n) is 4.78. The average Bonchev–Trinajstić information content (AvgIpc) is 2.08. The summed E-state index contributed by atoms with van der Waals surface area (Å²) in [6.07, 6.45) is -3.95. The third kappa shape index (κ3) is 8.23. The second kappa shape index (κ2) is 6.66. The van der Waals surface area contributed by atoms with E-state index in [0.717, 1.165) is 6.42 Å². The van der Waals surface area contributed by atoms with E-state index in [1.807, 2.05) is 13.8 Å². The van der Waals surface area contributed by atoms with E-state index in [9.17, 15) is 18.0 Å². The maximum absolute atomic E-state index is 11.6. The summed E-state index contributed by atoms with van der Waals surface area (Å²) in [5, 5.41) is 2.88. The molecule has 0 aliphatic rings. The molecule has 0 saturated carbocycles. The quantitative estimate of drug-likeness (QED) is 0.554. The van der Waals surface area contributed by atoms with E-state index in [4.69, 9.17) is 0 Å². The number of hydrogen-bond donors (Lipinski definition) is 1. The van der Waals surface area contributed by atoms with Crippen molar-refractivity contribution in [3.05, 3.63) is 0 Å². The fourth-order valence-corrected chi connectivity index (χ4v) is 0.813. The molecule has 0 aliphatic carbocycles. The molecular weight excluding hydrogens is 211 g/mol. The van der Waals surface area contributed by atoms with Crippen LogP contribution < -0.4 is 5.32 Å². The summed E-state index contributed by atoms with van der Waals surface area (Å²) in [5.74, 6) is -1.59. The Kier molecular flexibility index (Phi) is 6.31. The molecule has 0 bridgehead atoms. The zero-order valence-electron chi connectivity index (χ0n) is 8.86. The first-order valence-corrected chi connectivity index (χ1v) is 4.78. The predicted molar refractivity (Wildman–Crippen MR) is 49.3 cm³/mol. The number of hydrogen-bond acceptors (Lipinski definition) is 3. The summed E-state index contributed by atoms with van der Waals surface area (Å²) in [6.45, 7) is 4.79. The van der Waals surface area contributed by atoms with Crippen molar-refractivity contribution < 1.29 is 22.7 Å². The molecule has 0 aromatic heterocycles. The fourth-order valence-electron chi connectivity index (χ4n) is 0.813. The van der Waals surface area contributed by atoms with Crippen LogP contribution in [0, 0.1) is 5.92 Å². The third-order valence-corrected chi connectivity index (χ3v) is 1.64. The smallest absolute Gasteiger partial charge is 0.458 e. The van der Waals surface area contributed by atoms with E-state index in [0.29, 0.717) is 12.5 Å². The molecule has 0 amide bonds. The molecule has 0 aromatic carbocycles. The van der Waals surface area contributed by atoms with E-state index < -0.39 is 12.1 Å². The molecule has 0 unspecified atom stereocenters. The van der Waals surface area contributed by atoms with E-state index in [1.54, 1.807) is 0 Å². The highest BCUT2D eigenvalue weighted by Crippen LogP contribution is 2.15. The normalized spacial score (nSPS) is 11.9. The molecule has 0 saturated heterocycles. The predicted octanol–water partition coefficient (Wildman–Crippen LogP) is 1.73. The molecule has 1 N–H and O–H groups in total. The molecule has 6 heteroatoms. The molecule has 0 spiro atoms. The standard InChI is InChI=1S/C9H16F3NO2/c1-7(2)3-4-13-5-6-15-8(14)9(10,11)12/h7,13H,3-6H2,1-2H3. The lowest BCUT2D eigenvalue weighted by Crippen LogP contribution is -2.29. The van der Waals surface area contributed by atoms with Gasteiger partial charge in [0.05, 0.1) is 0 Å². The summed E-state index contributed by atoms with van der Waals surface area (Å²) in [6, 6.07) is 0. The molecule has 0 radical (unpaired) electrons. The van der Waals surface area contributed by atoms with Crippen LogP contribution in [0.25, 0.3) is 0 Å². The van der Waals surface area contributed by atoms with E-state index in [2.05, 4.69) is 10.1 Å². The monoisotopic (exact) mass is 227 g/mol. The van der Waals surface area contributed by atoms with Gasteiger partial charge in [0, 0.05) is 6.54 Å². The van der Waals surface area contributed by atoms with Crippen LogP contribution in [0.3, 0.4) is 0 Å². The van der Waals surface area contributed by atoms with Crippen LogP contribution in [0.15, 0.2) is 0 Å². The minimum absolute atomic E-state index is 0.245. The van der Waals surface area contributed by atoms with Crippen molar-refractivity contribution >= 4 is 5.97 Å². The summed E-state index contributed by atoms with van der Waals surface area (Å²) in [7, 11) is 0. The second-order valence-corrected chi connectivity index (χ2v) is 3.57. The van der Waals surface area contributed by atoms with E-state index in [1.165, 1.54) is 0 Å². The van der Waals surface area contributed by atoms with Gasteiger partial charge in [0.25, 0.3) is 0 Å². The Morgan fingerprint density at radius 2 is 1.93 bits per heavy atom. The van der Waals surface area contributed by atoms with Crippen molar-refractivity contribution in [2.45, 2.75) is 26.4 Å². The van der Waals surface area contributed by atoms with Gasteiger partial charge in [-0.25, -0.2) is 4.79 Å². The van der Waals surface area contributed by atoms with Crippen LogP contribution in [0.1, 0.15) is 20.3 Å². The van der Waals surface area contributed by atoms with Crippen molar-refractivity contribution in [1.82, 2.24) is 5.32 Å². The first kappa shape index (κ1) is 14.2. The van der Waals surface area contributed by atoms with Crippen LogP contribution >= 0.6 is 0 Å². The minimum Gasteiger partial charge on any atom is -0.458 e. The number of esters is 1. The minimum atomic E-state index is -4.89. The molecule has 15 heavy (non-hydrogen) atoms. The number of ether oxygens (including phenoxy) is 1. The molecule has 3 nitrogen and oxygen atoms in total. The summed E-state index contributed by atoms with van der Waals surface area (Å²) in [4.78, 5) is 10.2. The average molecular weight is 227 g/mol. The van der Waals surface area contributed by atoms with Gasteiger partial charge >= 0.3 is 12.1 Å². The second-order valence-electron chi connectivity index (χ2n) is 3.57. The van der Waals surface area contributed by atoms with Crippen molar-refractivity contribution in [2.24, 2.45) is 5.92 Å². The highest BCUT2D eigenvalue weighted by atomic mass is 19.4. The zero-order valence-corrected chi connectivity index (χ0v) is 8.86. The van der Waals surface area contributed by atoms with Gasteiger partial charge in [-0.05, 0) is 18.9 Å². The van der Waals surface area contributed by atoms with E-state index in [-0.39, 0.29) is 13.2 Å². The van der Waals surface area contributed by atoms with Gasteiger partial charge in [-0.3, -0.25) is 0 Å². The Bertz CT molecular complexity index is 192. The van der Waals surface area contributed by atoms with Gasteiger partial charge in [-0.1, -0.05) is 13.8 Å². The van der Waals surface area contributed by atoms with Gasteiger partial charge < -0.3 is 10.1 Å². The van der Waals surface area contributed by atoms with Crippen LogP contribution in [0.4, 0.5) is 13.2 Å². The van der Waals surface area contributed by atoms with Crippen molar-refractivity contribution in [3.63, 3.8) is 0 Å². The van der Waals surface area contributed by atoms with Crippen LogP contribution in [0.5, 0.6) is 0 Å². The Hall–Kier alpha value is -0.780. The Balaban J connectivity index is 3.36. The number of carbonyl (C=O) groups excluding carboxylic acids is 1. The van der Waals surface area contributed by atoms with E-state index >= 15 is 0 Å². The Labute approximate surface area is 87.0 Å². The molecule has 0 heterocycles. The molecular formula is C9H16F3NO2. The van der Waals surface area contributed by atoms with Gasteiger partial charge in [-0.2, -0.15) is 13.2 Å². The fraction of sp³-hybridized carbons (Fsp3) is 0.889. The first-order chi connectivity index (χ1) is 6.84. The zero-order chi connectivity index (χ0) is 11.9. The van der Waals surface area contributed by atoms with Crippen molar-refractivity contribution in [3.8, 4) is 0 Å². The summed E-state index contributed by atoms with van der Waals surface area (Å²) < 4.78 is 38.9. The van der Waals surface area contributed by atoms with Gasteiger partial charge in [0.1, 0.15) is 6.61 Å². The van der Waals surface area contributed by atoms with Gasteiger partial charge in [0.15, 0.2) is 0 Å². The van der Waals surface area contributed by atoms with Crippen molar-refractivity contribution in [2.75, 3.05) is 19.7 Å². The van der Waals surface area contributed by atoms with Crippen LogP contribution in [-0.4, -0.2) is 31.8 Å². The molecule has 0 rings (SSSR count). The Morgan fingerprint density at radius 1 is 1.33 bits per heavy atom. The lowest BCUT2D eigenvalue weighted by atomic mass is 10.1. The third-order valence-electron chi connectivity index (χ3n) is 1.64. The molecule has 0 atom stereocenters. The summed E-state index contributed by atoms with van der Waals surface area (Å²) >= 11 is 0. The summed E-state index contributed by atoms with van der Waals surface area (Å²) in [5.41, 5.74) is 0. The Morgan fingerprint density at radius 3 is 2.40 bits per heavy atom. The number of alkyl halides is 3. The maximum Gasteiger partial charge on any atom is 0.490 e. The lowest BCUT2D eigenvalue weighted by molar-refractivity contribution is -0.199. The largest absolute Gasteiger partial charge is 0.490 e. The molecule has 0 aromatic rings. The van der Waals surface area contributed by atoms with Crippen molar-refractivity contribution in [1.29, 1.82) is 0 Å². The topological polar surface area (TPSA) is 38.3 Å². The highest BCUT2D eigenvalue weighted by Gasteiger charge is 2.40. The molecule has 0 fully saturated rings. The number of halogens is 3.